The number of rotatable bonds is 3. The highest BCUT2D eigenvalue weighted by Gasteiger charge is 2.22. The molecule has 0 bridgehead atoms. The molecule has 0 aliphatic heterocycles. The number of fused-ring (bicyclic) bond motifs is 1. The Hall–Kier alpha value is -2.12. The van der Waals surface area contributed by atoms with Crippen molar-refractivity contribution in [1.29, 1.82) is 0 Å². The Morgan fingerprint density at radius 3 is 2.67 bits per heavy atom. The summed E-state index contributed by atoms with van der Waals surface area (Å²) >= 11 is 6.66. The summed E-state index contributed by atoms with van der Waals surface area (Å²) in [4.78, 5) is 35.0. The molecule has 0 unspecified atom stereocenters. The van der Waals surface area contributed by atoms with Crippen molar-refractivity contribution in [1.82, 2.24) is 5.32 Å². The number of carbonyl (C=O) groups excluding carboxylic acids is 1. The molecule has 110 valence electrons. The van der Waals surface area contributed by atoms with Gasteiger partial charge in [-0.2, -0.15) is 0 Å². The van der Waals surface area contributed by atoms with Crippen molar-refractivity contribution >= 4 is 44.9 Å². The minimum Gasteiger partial charge on any atom is -0.499 e. The molecule has 1 amide bonds. The topological polar surface area (TPSA) is 104 Å². The van der Waals surface area contributed by atoms with Crippen LogP contribution in [0.5, 0.6) is 5.06 Å². The lowest BCUT2D eigenvalue weighted by Crippen LogP contribution is -2.40. The number of nitrogens with one attached hydrogen (secondary N) is 1. The molecule has 21 heavy (non-hydrogen) atoms. The van der Waals surface area contributed by atoms with Crippen molar-refractivity contribution in [2.24, 2.45) is 0 Å². The maximum absolute atomic E-state index is 12.3. The number of amides is 1. The molecule has 1 aromatic heterocycles. The Labute approximate surface area is 127 Å². The van der Waals surface area contributed by atoms with Crippen LogP contribution in [0.3, 0.4) is 0 Å². The van der Waals surface area contributed by atoms with Crippen LogP contribution in [-0.4, -0.2) is 28.1 Å². The van der Waals surface area contributed by atoms with E-state index in [1.165, 1.54) is 13.0 Å². The molecule has 0 fully saturated rings. The van der Waals surface area contributed by atoms with Gasteiger partial charge in [-0.25, -0.2) is 0 Å². The Balaban J connectivity index is 2.56. The first-order valence-electron chi connectivity index (χ1n) is 5.80. The number of carboxylic acid groups (broad SMARTS) is 1. The molecule has 0 saturated heterocycles. The molecule has 1 atom stereocenters. The number of hydrogen-bond acceptors (Lipinski definition) is 5. The normalized spacial score (nSPS) is 12.1. The molecule has 2 aromatic rings. The number of halogens is 1. The van der Waals surface area contributed by atoms with Crippen molar-refractivity contribution in [3.63, 3.8) is 0 Å². The monoisotopic (exact) mass is 327 g/mol. The van der Waals surface area contributed by atoms with Gasteiger partial charge in [-0.05, 0) is 25.1 Å². The van der Waals surface area contributed by atoms with Gasteiger partial charge in [0.05, 0.1) is 0 Å². The maximum Gasteiger partial charge on any atom is 0.325 e. The van der Waals surface area contributed by atoms with Crippen LogP contribution in [0.15, 0.2) is 23.0 Å². The second kappa shape index (κ2) is 5.71. The van der Waals surface area contributed by atoms with Gasteiger partial charge in [0, 0.05) is 15.1 Å². The third-order valence-electron chi connectivity index (χ3n) is 2.78. The molecular weight excluding hydrogens is 318 g/mol. The smallest absolute Gasteiger partial charge is 0.325 e. The summed E-state index contributed by atoms with van der Waals surface area (Å²) in [5.74, 6) is -2.19. The zero-order valence-electron chi connectivity index (χ0n) is 10.7. The largest absolute Gasteiger partial charge is 0.499 e. The lowest BCUT2D eigenvalue weighted by Gasteiger charge is -2.10. The van der Waals surface area contributed by atoms with Gasteiger partial charge in [0.15, 0.2) is 5.06 Å². The zero-order chi connectivity index (χ0) is 15.7. The summed E-state index contributed by atoms with van der Waals surface area (Å²) in [5.41, 5.74) is -1.18. The van der Waals surface area contributed by atoms with Crippen LogP contribution in [0, 0.1) is 0 Å². The van der Waals surface area contributed by atoms with Crippen LogP contribution in [0.25, 0.3) is 10.1 Å². The van der Waals surface area contributed by atoms with Gasteiger partial charge in [-0.15, -0.1) is 0 Å². The summed E-state index contributed by atoms with van der Waals surface area (Å²) in [7, 11) is 0. The van der Waals surface area contributed by atoms with Crippen LogP contribution < -0.4 is 10.7 Å². The standard InChI is InChI=1S/C13H10ClNO5S/c1-5(12(18)19)15-11(17)9-10(16)7-4-6(14)2-3-8(7)21-13(9)20/h2-5,20H,1H3,(H,15,17)(H,18,19)/t5-/m0/s1. The van der Waals surface area contributed by atoms with E-state index in [4.69, 9.17) is 16.7 Å². The Morgan fingerprint density at radius 1 is 1.38 bits per heavy atom. The van der Waals surface area contributed by atoms with E-state index >= 15 is 0 Å². The number of hydrogen-bond donors (Lipinski definition) is 3. The predicted molar refractivity (Wildman–Crippen MR) is 79.3 cm³/mol. The molecule has 0 saturated carbocycles. The third-order valence-corrected chi connectivity index (χ3v) is 3.99. The SMILES string of the molecule is C[C@H](NC(=O)c1c(O)sc2ccc(Cl)cc2c1=O)C(=O)O. The van der Waals surface area contributed by atoms with Crippen LogP contribution in [0.1, 0.15) is 17.3 Å². The van der Waals surface area contributed by atoms with Crippen LogP contribution >= 0.6 is 22.9 Å². The third kappa shape index (κ3) is 2.98. The van der Waals surface area contributed by atoms with Gasteiger partial charge in [0.25, 0.3) is 5.91 Å². The van der Waals surface area contributed by atoms with Gasteiger partial charge < -0.3 is 15.5 Å². The summed E-state index contributed by atoms with van der Waals surface area (Å²) < 4.78 is 0.477. The fourth-order valence-electron chi connectivity index (χ4n) is 1.69. The minimum absolute atomic E-state index is 0.193. The van der Waals surface area contributed by atoms with E-state index in [0.717, 1.165) is 11.3 Å². The van der Waals surface area contributed by atoms with E-state index in [1.807, 2.05) is 0 Å². The molecule has 0 radical (unpaired) electrons. The van der Waals surface area contributed by atoms with Crippen molar-refractivity contribution in [2.75, 3.05) is 0 Å². The van der Waals surface area contributed by atoms with E-state index in [2.05, 4.69) is 5.32 Å². The first-order valence-corrected chi connectivity index (χ1v) is 6.99. The van der Waals surface area contributed by atoms with Crippen LogP contribution in [0.4, 0.5) is 0 Å². The predicted octanol–water partition coefficient (Wildman–Crippen LogP) is 1.82. The average Bonchev–Trinajstić information content (AvgIpc) is 2.39. The molecule has 6 nitrogen and oxygen atoms in total. The Morgan fingerprint density at radius 2 is 2.05 bits per heavy atom. The number of carboxylic acids is 1. The highest BCUT2D eigenvalue weighted by atomic mass is 35.5. The van der Waals surface area contributed by atoms with E-state index in [-0.39, 0.29) is 5.39 Å². The molecule has 3 N–H and O–H groups in total. The number of carbonyl (C=O) groups is 2. The fraction of sp³-hybridized carbons (Fsp3) is 0.154. The Bertz CT molecular complexity index is 801. The first kappa shape index (κ1) is 15.3. The number of benzene rings is 1. The molecule has 0 aliphatic rings. The highest BCUT2D eigenvalue weighted by molar-refractivity contribution is 7.20. The van der Waals surface area contributed by atoms with Gasteiger partial charge >= 0.3 is 5.97 Å². The van der Waals surface area contributed by atoms with Gasteiger partial charge in [-0.1, -0.05) is 22.9 Å². The van der Waals surface area contributed by atoms with E-state index in [1.54, 1.807) is 12.1 Å². The van der Waals surface area contributed by atoms with Crippen LogP contribution in [-0.2, 0) is 4.79 Å². The molecule has 0 aliphatic carbocycles. The quantitative estimate of drug-likeness (QED) is 0.797. The van der Waals surface area contributed by atoms with E-state index in [0.29, 0.717) is 9.72 Å². The maximum atomic E-state index is 12.3. The highest BCUT2D eigenvalue weighted by Crippen LogP contribution is 2.29. The van der Waals surface area contributed by atoms with E-state index in [9.17, 15) is 19.5 Å². The summed E-state index contributed by atoms with van der Waals surface area (Å²) in [6, 6.07) is 3.33. The van der Waals surface area contributed by atoms with E-state index < -0.39 is 34.0 Å². The summed E-state index contributed by atoms with van der Waals surface area (Å²) in [5, 5.41) is 20.8. The molecule has 0 spiro atoms. The molecule has 1 heterocycles. The number of aliphatic carboxylic acids is 1. The average molecular weight is 328 g/mol. The van der Waals surface area contributed by atoms with Gasteiger partial charge in [-0.3, -0.25) is 14.4 Å². The van der Waals surface area contributed by atoms with Gasteiger partial charge in [0.1, 0.15) is 11.6 Å². The minimum atomic E-state index is -1.25. The Kier molecular flexibility index (Phi) is 4.15. The fourth-order valence-corrected chi connectivity index (χ4v) is 2.75. The van der Waals surface area contributed by atoms with Crippen molar-refractivity contribution in [3.8, 4) is 5.06 Å². The lowest BCUT2D eigenvalue weighted by atomic mass is 10.2. The lowest BCUT2D eigenvalue weighted by molar-refractivity contribution is -0.138. The molecule has 1 aromatic carbocycles. The van der Waals surface area contributed by atoms with Crippen molar-refractivity contribution in [2.45, 2.75) is 13.0 Å². The number of aromatic hydroxyl groups is 1. The zero-order valence-corrected chi connectivity index (χ0v) is 12.3. The second-order valence-corrected chi connectivity index (χ2v) is 5.75. The van der Waals surface area contributed by atoms with Crippen LogP contribution in [0.2, 0.25) is 5.02 Å². The molecule has 8 heteroatoms. The van der Waals surface area contributed by atoms with Gasteiger partial charge in [0.2, 0.25) is 5.43 Å². The summed E-state index contributed by atoms with van der Waals surface area (Å²) in [6.45, 7) is 1.25. The first-order chi connectivity index (χ1) is 9.81. The van der Waals surface area contributed by atoms with Crippen molar-refractivity contribution in [3.05, 3.63) is 39.0 Å². The molecule has 2 rings (SSSR count). The molecular formula is C13H10ClNO5S. The van der Waals surface area contributed by atoms with Crippen molar-refractivity contribution < 1.29 is 19.8 Å². The summed E-state index contributed by atoms with van der Waals surface area (Å²) in [6.07, 6.45) is 0. The second-order valence-electron chi connectivity index (χ2n) is 4.29.